The molecule has 1 aromatic rings. The Bertz CT molecular complexity index is 381. The van der Waals surface area contributed by atoms with Gasteiger partial charge in [0.2, 0.25) is 0 Å². The van der Waals surface area contributed by atoms with E-state index in [9.17, 15) is 5.11 Å². The third-order valence-electron chi connectivity index (χ3n) is 3.00. The molecule has 0 bridgehead atoms. The molecule has 86 valence electrons. The van der Waals surface area contributed by atoms with E-state index in [2.05, 4.69) is 22.9 Å². The molecular weight excluding hydrogens is 200 g/mol. The van der Waals surface area contributed by atoms with Crippen LogP contribution in [0.3, 0.4) is 0 Å². The lowest BCUT2D eigenvalue weighted by Gasteiger charge is -2.27. The predicted octanol–water partition coefficient (Wildman–Crippen LogP) is 2.29. The Balaban J connectivity index is 2.10. The molecule has 0 aliphatic carbocycles. The first kappa shape index (κ1) is 11.1. The van der Waals surface area contributed by atoms with E-state index in [1.165, 1.54) is 5.57 Å². The van der Waals surface area contributed by atoms with Crippen molar-refractivity contribution in [3.63, 3.8) is 0 Å². The summed E-state index contributed by atoms with van der Waals surface area (Å²) in [5.41, 5.74) is 3.32. The lowest BCUT2D eigenvalue weighted by molar-refractivity contribution is 0.194. The van der Waals surface area contributed by atoms with Crippen molar-refractivity contribution >= 4 is 5.69 Å². The van der Waals surface area contributed by atoms with Crippen LogP contribution in [0.15, 0.2) is 30.0 Å². The molecule has 1 aliphatic rings. The highest BCUT2D eigenvalue weighted by Gasteiger charge is 2.10. The van der Waals surface area contributed by atoms with Crippen LogP contribution in [0.5, 0.6) is 0 Å². The molecule has 0 radical (unpaired) electrons. The maximum atomic E-state index is 9.37. The van der Waals surface area contributed by atoms with E-state index in [4.69, 9.17) is 0 Å². The number of anilines is 1. The molecule has 0 fully saturated rings. The van der Waals surface area contributed by atoms with Crippen LogP contribution >= 0.6 is 0 Å². The largest absolute Gasteiger partial charge is 0.387 e. The van der Waals surface area contributed by atoms with Crippen molar-refractivity contribution in [1.82, 2.24) is 4.98 Å². The molecule has 1 N–H and O–H groups in total. The van der Waals surface area contributed by atoms with Crippen LogP contribution in [0.1, 0.15) is 32.1 Å². The summed E-state index contributed by atoms with van der Waals surface area (Å²) in [7, 11) is 0. The van der Waals surface area contributed by atoms with E-state index in [-0.39, 0.29) is 0 Å². The fourth-order valence-corrected chi connectivity index (χ4v) is 1.84. The minimum atomic E-state index is -0.488. The van der Waals surface area contributed by atoms with Crippen molar-refractivity contribution in [3.05, 3.63) is 35.7 Å². The van der Waals surface area contributed by atoms with Crippen molar-refractivity contribution in [2.75, 3.05) is 18.0 Å². The minimum absolute atomic E-state index is 0.488. The third kappa shape index (κ3) is 2.42. The van der Waals surface area contributed by atoms with Gasteiger partial charge in [0.05, 0.1) is 23.7 Å². The summed E-state index contributed by atoms with van der Waals surface area (Å²) >= 11 is 0. The van der Waals surface area contributed by atoms with Crippen molar-refractivity contribution in [2.45, 2.75) is 26.4 Å². The summed E-state index contributed by atoms with van der Waals surface area (Å²) in [5, 5.41) is 9.37. The zero-order valence-electron chi connectivity index (χ0n) is 9.85. The van der Waals surface area contributed by atoms with Crippen LogP contribution in [-0.4, -0.2) is 23.2 Å². The van der Waals surface area contributed by atoms with Gasteiger partial charge >= 0.3 is 0 Å². The zero-order chi connectivity index (χ0) is 11.5. The molecule has 1 atom stereocenters. The maximum absolute atomic E-state index is 9.37. The van der Waals surface area contributed by atoms with Gasteiger partial charge in [0.1, 0.15) is 0 Å². The lowest BCUT2D eigenvalue weighted by atomic mass is 10.1. The first-order chi connectivity index (χ1) is 7.66. The Kier molecular flexibility index (Phi) is 3.25. The van der Waals surface area contributed by atoms with E-state index in [0.29, 0.717) is 0 Å². The van der Waals surface area contributed by atoms with Gasteiger partial charge in [0.25, 0.3) is 0 Å². The van der Waals surface area contributed by atoms with Crippen LogP contribution in [0.2, 0.25) is 0 Å². The van der Waals surface area contributed by atoms with Crippen LogP contribution in [0.25, 0.3) is 0 Å². The number of hydrogen-bond acceptors (Lipinski definition) is 3. The van der Waals surface area contributed by atoms with Crippen LogP contribution in [0, 0.1) is 0 Å². The Labute approximate surface area is 96.4 Å². The molecule has 0 amide bonds. The molecule has 0 unspecified atom stereocenters. The molecule has 16 heavy (non-hydrogen) atoms. The Hall–Kier alpha value is -1.35. The predicted molar refractivity (Wildman–Crippen MR) is 65.5 cm³/mol. The van der Waals surface area contributed by atoms with Crippen molar-refractivity contribution < 1.29 is 5.11 Å². The quantitative estimate of drug-likeness (QED) is 0.774. The van der Waals surface area contributed by atoms with Gasteiger partial charge in [-0.25, -0.2) is 0 Å². The minimum Gasteiger partial charge on any atom is -0.387 e. The summed E-state index contributed by atoms with van der Waals surface area (Å²) in [4.78, 5) is 6.56. The average molecular weight is 218 g/mol. The molecule has 3 nitrogen and oxygen atoms in total. The van der Waals surface area contributed by atoms with Crippen LogP contribution < -0.4 is 4.90 Å². The smallest absolute Gasteiger partial charge is 0.0931 e. The van der Waals surface area contributed by atoms with Crippen LogP contribution in [-0.2, 0) is 0 Å². The first-order valence-corrected chi connectivity index (χ1v) is 5.71. The average Bonchev–Trinajstić information content (AvgIpc) is 2.30. The van der Waals surface area contributed by atoms with E-state index in [1.807, 2.05) is 18.3 Å². The van der Waals surface area contributed by atoms with Gasteiger partial charge in [-0.15, -0.1) is 0 Å². The first-order valence-electron chi connectivity index (χ1n) is 5.71. The zero-order valence-corrected chi connectivity index (χ0v) is 9.85. The molecule has 2 heterocycles. The molecule has 1 aromatic heterocycles. The molecule has 0 saturated carbocycles. The second-order valence-electron chi connectivity index (χ2n) is 4.36. The Morgan fingerprint density at radius 3 is 2.75 bits per heavy atom. The Morgan fingerprint density at radius 1 is 1.44 bits per heavy atom. The van der Waals surface area contributed by atoms with E-state index in [1.54, 1.807) is 6.92 Å². The summed E-state index contributed by atoms with van der Waals surface area (Å²) in [6.07, 6.45) is 4.73. The molecule has 0 saturated heterocycles. The summed E-state index contributed by atoms with van der Waals surface area (Å²) in [6, 6.07) is 3.93. The van der Waals surface area contributed by atoms with Crippen molar-refractivity contribution in [2.24, 2.45) is 0 Å². The van der Waals surface area contributed by atoms with Gasteiger partial charge in [-0.05, 0) is 32.4 Å². The third-order valence-corrected chi connectivity index (χ3v) is 3.00. The number of pyridine rings is 1. The van der Waals surface area contributed by atoms with Gasteiger partial charge in [0.15, 0.2) is 0 Å². The van der Waals surface area contributed by atoms with Gasteiger partial charge in [-0.3, -0.25) is 4.98 Å². The normalized spacial score (nSPS) is 18.2. The number of hydrogen-bond donors (Lipinski definition) is 1. The van der Waals surface area contributed by atoms with Gasteiger partial charge < -0.3 is 10.0 Å². The Morgan fingerprint density at radius 2 is 2.25 bits per heavy atom. The van der Waals surface area contributed by atoms with Gasteiger partial charge in [0, 0.05) is 13.1 Å². The van der Waals surface area contributed by atoms with E-state index < -0.39 is 6.10 Å². The van der Waals surface area contributed by atoms with E-state index in [0.717, 1.165) is 30.9 Å². The fourth-order valence-electron chi connectivity index (χ4n) is 1.84. The van der Waals surface area contributed by atoms with Crippen molar-refractivity contribution in [3.8, 4) is 0 Å². The van der Waals surface area contributed by atoms with Crippen LogP contribution in [0.4, 0.5) is 5.69 Å². The number of aromatic nitrogens is 1. The number of aliphatic hydroxyl groups is 1. The molecule has 1 aliphatic heterocycles. The SMILES string of the molecule is CC1=CCN(c2ccc([C@H](C)O)nc2)CC1. The number of rotatable bonds is 2. The topological polar surface area (TPSA) is 36.4 Å². The molecule has 0 spiro atoms. The second-order valence-corrected chi connectivity index (χ2v) is 4.36. The number of aliphatic hydroxyl groups excluding tert-OH is 1. The highest BCUT2D eigenvalue weighted by Crippen LogP contribution is 2.20. The lowest BCUT2D eigenvalue weighted by Crippen LogP contribution is -2.28. The summed E-state index contributed by atoms with van der Waals surface area (Å²) in [5.74, 6) is 0. The number of nitrogens with zero attached hydrogens (tertiary/aromatic N) is 2. The highest BCUT2D eigenvalue weighted by molar-refractivity contribution is 5.46. The summed E-state index contributed by atoms with van der Waals surface area (Å²) < 4.78 is 0. The second kappa shape index (κ2) is 4.66. The maximum Gasteiger partial charge on any atom is 0.0931 e. The standard InChI is InChI=1S/C13H18N2O/c1-10-5-7-15(8-6-10)12-3-4-13(11(2)16)14-9-12/h3-5,9,11,16H,6-8H2,1-2H3/t11-/m0/s1. The molecule has 3 heteroatoms. The highest BCUT2D eigenvalue weighted by atomic mass is 16.3. The molecular formula is C13H18N2O. The monoisotopic (exact) mass is 218 g/mol. The molecule has 2 rings (SSSR count). The molecule has 0 aromatic carbocycles. The van der Waals surface area contributed by atoms with E-state index >= 15 is 0 Å². The van der Waals surface area contributed by atoms with Gasteiger partial charge in [-0.2, -0.15) is 0 Å². The van der Waals surface area contributed by atoms with Gasteiger partial charge in [-0.1, -0.05) is 11.6 Å². The summed E-state index contributed by atoms with van der Waals surface area (Å²) in [6.45, 7) is 5.92. The van der Waals surface area contributed by atoms with Crippen molar-refractivity contribution in [1.29, 1.82) is 0 Å². The fraction of sp³-hybridized carbons (Fsp3) is 0.462.